The lowest BCUT2D eigenvalue weighted by molar-refractivity contribution is -0.154. The van der Waals surface area contributed by atoms with E-state index in [1.165, 1.54) is 11.2 Å². The number of fused-ring (bicyclic) bond motifs is 3. The number of carboxylic acid groups (broad SMARTS) is 1. The van der Waals surface area contributed by atoms with E-state index in [4.69, 9.17) is 9.15 Å². The van der Waals surface area contributed by atoms with Crippen LogP contribution in [0.4, 0.5) is 0 Å². The highest BCUT2D eigenvalue weighted by atomic mass is 16.5. The van der Waals surface area contributed by atoms with Crippen molar-refractivity contribution < 1.29 is 23.8 Å². The van der Waals surface area contributed by atoms with Crippen molar-refractivity contribution in [2.75, 3.05) is 6.54 Å². The van der Waals surface area contributed by atoms with Gasteiger partial charge in [0.05, 0.1) is 24.4 Å². The number of hydrogen-bond donors (Lipinski definition) is 1. The minimum Gasteiger partial charge on any atom is -0.479 e. The molecule has 6 nitrogen and oxygen atoms in total. The molecule has 1 N–H and O–H groups in total. The quantitative estimate of drug-likeness (QED) is 0.890. The second-order valence-corrected chi connectivity index (χ2v) is 6.04. The number of aliphatic carboxylic acids is 1. The van der Waals surface area contributed by atoms with Gasteiger partial charge in [-0.25, -0.2) is 4.79 Å². The number of rotatable bonds is 2. The highest BCUT2D eigenvalue weighted by molar-refractivity contribution is 5.87. The average molecular weight is 291 g/mol. The monoisotopic (exact) mass is 291 g/mol. The van der Waals surface area contributed by atoms with E-state index in [0.717, 1.165) is 19.3 Å². The molecule has 6 heteroatoms. The molecule has 0 aliphatic carbocycles. The highest BCUT2D eigenvalue weighted by Gasteiger charge is 2.48. The van der Waals surface area contributed by atoms with Crippen LogP contribution in [0.15, 0.2) is 16.7 Å². The summed E-state index contributed by atoms with van der Waals surface area (Å²) in [4.78, 5) is 25.9. The van der Waals surface area contributed by atoms with Gasteiger partial charge in [0.15, 0.2) is 6.04 Å². The van der Waals surface area contributed by atoms with Gasteiger partial charge in [0.1, 0.15) is 5.76 Å². The van der Waals surface area contributed by atoms with Crippen LogP contribution in [0.1, 0.15) is 36.6 Å². The number of furan rings is 1. The van der Waals surface area contributed by atoms with Crippen molar-refractivity contribution in [2.45, 2.75) is 43.9 Å². The van der Waals surface area contributed by atoms with Crippen molar-refractivity contribution in [2.24, 2.45) is 5.92 Å². The molecular formula is C15H17NO5. The van der Waals surface area contributed by atoms with Gasteiger partial charge in [-0.15, -0.1) is 0 Å². The molecule has 112 valence electrons. The first kappa shape index (κ1) is 12.9. The molecule has 0 saturated carbocycles. The van der Waals surface area contributed by atoms with Crippen molar-refractivity contribution in [1.82, 2.24) is 4.90 Å². The average Bonchev–Trinajstić information content (AvgIpc) is 3.20. The fraction of sp³-hybridized carbons (Fsp3) is 0.600. The fourth-order valence-corrected chi connectivity index (χ4v) is 3.93. The first-order chi connectivity index (χ1) is 10.1. The summed E-state index contributed by atoms with van der Waals surface area (Å²) >= 11 is 0. The molecule has 4 rings (SSSR count). The predicted molar refractivity (Wildman–Crippen MR) is 70.5 cm³/mol. The summed E-state index contributed by atoms with van der Waals surface area (Å²) in [5, 5.41) is 9.53. The number of carboxylic acids is 1. The van der Waals surface area contributed by atoms with Crippen LogP contribution < -0.4 is 0 Å². The second-order valence-electron chi connectivity index (χ2n) is 6.04. The molecule has 1 amide bonds. The Balaban J connectivity index is 1.62. The van der Waals surface area contributed by atoms with E-state index in [9.17, 15) is 14.7 Å². The van der Waals surface area contributed by atoms with Gasteiger partial charge in [-0.1, -0.05) is 0 Å². The maximum absolute atomic E-state index is 12.8. The summed E-state index contributed by atoms with van der Waals surface area (Å²) in [5.74, 6) is -0.592. The van der Waals surface area contributed by atoms with Crippen molar-refractivity contribution in [3.63, 3.8) is 0 Å². The van der Waals surface area contributed by atoms with Crippen molar-refractivity contribution in [3.8, 4) is 0 Å². The van der Waals surface area contributed by atoms with Gasteiger partial charge in [0.2, 0.25) is 5.91 Å². The SMILES string of the molecule is O=C(O)C1c2ccoc2CCN1C(=O)[C@@H]1C[C@H]2CC[C@@H]1O2. The molecule has 0 radical (unpaired) electrons. The zero-order valence-corrected chi connectivity index (χ0v) is 11.5. The Labute approximate surface area is 121 Å². The highest BCUT2D eigenvalue weighted by Crippen LogP contribution is 2.41. The van der Waals surface area contributed by atoms with Gasteiger partial charge in [-0.05, 0) is 25.3 Å². The van der Waals surface area contributed by atoms with Gasteiger partial charge in [-0.2, -0.15) is 0 Å². The molecule has 1 aromatic heterocycles. The Morgan fingerprint density at radius 1 is 1.33 bits per heavy atom. The molecule has 2 bridgehead atoms. The Kier molecular flexibility index (Phi) is 2.82. The molecule has 4 heterocycles. The first-order valence-corrected chi connectivity index (χ1v) is 7.40. The largest absolute Gasteiger partial charge is 0.479 e. The third-order valence-corrected chi connectivity index (χ3v) is 4.91. The lowest BCUT2D eigenvalue weighted by Crippen LogP contribution is -2.47. The lowest BCUT2D eigenvalue weighted by atomic mass is 9.87. The number of nitrogens with zero attached hydrogens (tertiary/aromatic N) is 1. The van der Waals surface area contributed by atoms with Gasteiger partial charge >= 0.3 is 5.97 Å². The van der Waals surface area contributed by atoms with E-state index in [2.05, 4.69) is 0 Å². The summed E-state index contributed by atoms with van der Waals surface area (Å²) in [6.07, 6.45) is 4.87. The number of amides is 1. The number of carbonyl (C=O) groups excluding carboxylic acids is 1. The molecule has 21 heavy (non-hydrogen) atoms. The molecule has 0 aromatic carbocycles. The molecule has 0 spiro atoms. The first-order valence-electron chi connectivity index (χ1n) is 7.40. The summed E-state index contributed by atoms with van der Waals surface area (Å²) < 4.78 is 11.0. The molecular weight excluding hydrogens is 274 g/mol. The second kappa shape index (κ2) is 4.59. The van der Waals surface area contributed by atoms with Gasteiger partial charge < -0.3 is 19.2 Å². The van der Waals surface area contributed by atoms with E-state index >= 15 is 0 Å². The van der Waals surface area contributed by atoms with Crippen LogP contribution in [0.5, 0.6) is 0 Å². The molecule has 4 atom stereocenters. The number of hydrogen-bond acceptors (Lipinski definition) is 4. The zero-order chi connectivity index (χ0) is 14.6. The third-order valence-electron chi connectivity index (χ3n) is 4.91. The Morgan fingerprint density at radius 2 is 2.19 bits per heavy atom. The van der Waals surface area contributed by atoms with E-state index in [1.807, 2.05) is 0 Å². The van der Waals surface area contributed by atoms with Gasteiger partial charge in [-0.3, -0.25) is 4.79 Å². The molecule has 2 fully saturated rings. The summed E-state index contributed by atoms with van der Waals surface area (Å²) in [6.45, 7) is 0.393. The Hall–Kier alpha value is -1.82. The maximum Gasteiger partial charge on any atom is 0.331 e. The summed E-state index contributed by atoms with van der Waals surface area (Å²) in [6, 6.07) is 0.726. The van der Waals surface area contributed by atoms with E-state index < -0.39 is 12.0 Å². The van der Waals surface area contributed by atoms with Crippen LogP contribution in [-0.2, 0) is 20.7 Å². The van der Waals surface area contributed by atoms with Gasteiger partial charge in [0.25, 0.3) is 0 Å². The standard InChI is InChI=1S/C15H17NO5/c17-14(10-7-8-1-2-12(10)21-8)16-5-3-11-9(4-6-20-11)13(16)15(18)19/h4,6,8,10,12-13H,1-3,5,7H2,(H,18,19)/t8-,10-,12+,13?/m1/s1. The fourth-order valence-electron chi connectivity index (χ4n) is 3.93. The predicted octanol–water partition coefficient (Wildman–Crippen LogP) is 1.36. The minimum absolute atomic E-state index is 0.0253. The lowest BCUT2D eigenvalue weighted by Gasteiger charge is -2.35. The van der Waals surface area contributed by atoms with E-state index in [-0.39, 0.29) is 24.0 Å². The van der Waals surface area contributed by atoms with Crippen LogP contribution in [0, 0.1) is 5.92 Å². The smallest absolute Gasteiger partial charge is 0.331 e. The van der Waals surface area contributed by atoms with E-state index in [0.29, 0.717) is 24.3 Å². The van der Waals surface area contributed by atoms with Crippen LogP contribution in [0.2, 0.25) is 0 Å². The van der Waals surface area contributed by atoms with Crippen molar-refractivity contribution in [3.05, 3.63) is 23.7 Å². The number of carbonyl (C=O) groups is 2. The summed E-state index contributed by atoms with van der Waals surface area (Å²) in [5.41, 5.74) is 0.603. The van der Waals surface area contributed by atoms with Crippen LogP contribution in [0.3, 0.4) is 0 Å². The molecule has 3 aliphatic heterocycles. The van der Waals surface area contributed by atoms with Crippen LogP contribution in [-0.4, -0.2) is 40.6 Å². The molecule has 3 aliphatic rings. The van der Waals surface area contributed by atoms with Crippen LogP contribution >= 0.6 is 0 Å². The molecule has 1 aromatic rings. The zero-order valence-electron chi connectivity index (χ0n) is 11.5. The normalized spacial score (nSPS) is 34.0. The van der Waals surface area contributed by atoms with Gasteiger partial charge in [0, 0.05) is 18.5 Å². The third kappa shape index (κ3) is 1.89. The topological polar surface area (TPSA) is 80.0 Å². The van der Waals surface area contributed by atoms with Crippen LogP contribution in [0.25, 0.3) is 0 Å². The minimum atomic E-state index is -1.00. The van der Waals surface area contributed by atoms with E-state index in [1.54, 1.807) is 6.07 Å². The Bertz CT molecular complexity index is 595. The van der Waals surface area contributed by atoms with Crippen molar-refractivity contribution >= 4 is 11.9 Å². The Morgan fingerprint density at radius 3 is 2.86 bits per heavy atom. The van der Waals surface area contributed by atoms with Crippen molar-refractivity contribution in [1.29, 1.82) is 0 Å². The number of ether oxygens (including phenoxy) is 1. The molecule has 2 saturated heterocycles. The summed E-state index contributed by atoms with van der Waals surface area (Å²) in [7, 11) is 0. The molecule has 1 unspecified atom stereocenters. The maximum atomic E-state index is 12.8.